The van der Waals surface area contributed by atoms with E-state index >= 15 is 0 Å². The van der Waals surface area contributed by atoms with Crippen molar-refractivity contribution in [1.29, 1.82) is 0 Å². The molecule has 1 aromatic heterocycles. The van der Waals surface area contributed by atoms with Crippen LogP contribution < -0.4 is 5.32 Å². The molecule has 1 heterocycles. The summed E-state index contributed by atoms with van der Waals surface area (Å²) in [5, 5.41) is 14.7. The molecule has 0 spiro atoms. The van der Waals surface area contributed by atoms with Gasteiger partial charge < -0.3 is 15.3 Å². The number of nitrogens with zero attached hydrogens (tertiary/aromatic N) is 1. The Morgan fingerprint density at radius 1 is 1.47 bits per heavy atom. The first-order valence-electron chi connectivity index (χ1n) is 4.69. The highest BCUT2D eigenvalue weighted by Gasteiger charge is 2.02. The fourth-order valence-electron chi connectivity index (χ4n) is 1.53. The van der Waals surface area contributed by atoms with E-state index < -0.39 is 0 Å². The quantitative estimate of drug-likeness (QED) is 0.799. The fourth-order valence-corrected chi connectivity index (χ4v) is 1.53. The standard InChI is InChI=1S/C11H11N2O2/c1-12-11(14)7-8-2-3-9-4-5-13(15)10(9)6-8/h2-6H,7H2,1H3,(H,12,14)/q-1. The molecule has 0 unspecified atom stereocenters. The zero-order chi connectivity index (χ0) is 10.8. The number of fused-ring (bicyclic) bond motifs is 1. The van der Waals surface area contributed by atoms with E-state index in [1.165, 1.54) is 6.20 Å². The molecule has 0 radical (unpaired) electrons. The topological polar surface area (TPSA) is 57.1 Å². The summed E-state index contributed by atoms with van der Waals surface area (Å²) in [6.07, 6.45) is 1.77. The summed E-state index contributed by atoms with van der Waals surface area (Å²) in [7, 11) is 1.59. The van der Waals surface area contributed by atoms with Crippen molar-refractivity contribution >= 4 is 16.8 Å². The van der Waals surface area contributed by atoms with Crippen LogP contribution in [0.25, 0.3) is 10.9 Å². The number of hydrogen-bond acceptors (Lipinski definition) is 2. The lowest BCUT2D eigenvalue weighted by molar-refractivity contribution is -0.119. The van der Waals surface area contributed by atoms with Gasteiger partial charge in [-0.25, -0.2) is 0 Å². The van der Waals surface area contributed by atoms with E-state index in [0.717, 1.165) is 15.7 Å². The highest BCUT2D eigenvalue weighted by atomic mass is 16.5. The molecule has 0 aliphatic heterocycles. The van der Waals surface area contributed by atoms with Gasteiger partial charge in [-0.15, -0.1) is 0 Å². The Hall–Kier alpha value is -1.97. The van der Waals surface area contributed by atoms with Crippen molar-refractivity contribution in [1.82, 2.24) is 10.0 Å². The number of nitrogens with one attached hydrogen (secondary N) is 1. The van der Waals surface area contributed by atoms with Crippen molar-refractivity contribution in [3.8, 4) is 0 Å². The maximum Gasteiger partial charge on any atom is 0.224 e. The zero-order valence-electron chi connectivity index (χ0n) is 8.36. The number of likely N-dealkylation sites (N-methyl/N-ethyl adjacent to an activating group) is 1. The van der Waals surface area contributed by atoms with Crippen molar-refractivity contribution in [2.24, 2.45) is 0 Å². The summed E-state index contributed by atoms with van der Waals surface area (Å²) in [6, 6.07) is 7.21. The average molecular weight is 203 g/mol. The van der Waals surface area contributed by atoms with Gasteiger partial charge in [-0.2, -0.15) is 0 Å². The minimum absolute atomic E-state index is 0.0571. The molecular formula is C11H11N2O2-. The van der Waals surface area contributed by atoms with Gasteiger partial charge in [0.1, 0.15) is 0 Å². The minimum Gasteiger partial charge on any atom is -0.806 e. The van der Waals surface area contributed by atoms with Gasteiger partial charge in [-0.05, 0) is 29.3 Å². The Bertz CT molecular complexity index is 502. The number of hydrogen-bond donors (Lipinski definition) is 1. The second-order valence-corrected chi connectivity index (χ2v) is 3.38. The molecule has 2 aromatic rings. The van der Waals surface area contributed by atoms with E-state index in [9.17, 15) is 10.0 Å². The number of carbonyl (C=O) groups excluding carboxylic acids is 1. The Morgan fingerprint density at radius 2 is 2.27 bits per heavy atom. The van der Waals surface area contributed by atoms with Crippen LogP contribution in [-0.4, -0.2) is 17.7 Å². The van der Waals surface area contributed by atoms with Crippen LogP contribution in [0.5, 0.6) is 0 Å². The van der Waals surface area contributed by atoms with Crippen molar-refractivity contribution < 1.29 is 4.79 Å². The van der Waals surface area contributed by atoms with Crippen molar-refractivity contribution in [3.63, 3.8) is 0 Å². The van der Waals surface area contributed by atoms with Gasteiger partial charge in [-0.1, -0.05) is 12.1 Å². The van der Waals surface area contributed by atoms with E-state index in [0.29, 0.717) is 11.9 Å². The SMILES string of the molecule is CNC(=O)Cc1ccc2ccn([O-])c2c1. The lowest BCUT2D eigenvalue weighted by Gasteiger charge is -2.08. The van der Waals surface area contributed by atoms with Gasteiger partial charge in [0.25, 0.3) is 0 Å². The molecule has 15 heavy (non-hydrogen) atoms. The number of aromatic nitrogens is 1. The Labute approximate surface area is 87.1 Å². The molecular weight excluding hydrogens is 192 g/mol. The van der Waals surface area contributed by atoms with Gasteiger partial charge in [0, 0.05) is 12.6 Å². The van der Waals surface area contributed by atoms with E-state index in [4.69, 9.17) is 0 Å². The Balaban J connectivity index is 2.37. The molecule has 1 amide bonds. The first-order valence-corrected chi connectivity index (χ1v) is 4.69. The highest BCUT2D eigenvalue weighted by Crippen LogP contribution is 2.17. The number of benzene rings is 1. The molecule has 4 nitrogen and oxygen atoms in total. The predicted molar refractivity (Wildman–Crippen MR) is 58.5 cm³/mol. The lowest BCUT2D eigenvalue weighted by Crippen LogP contribution is -2.19. The number of rotatable bonds is 2. The van der Waals surface area contributed by atoms with Crippen LogP contribution in [0.2, 0.25) is 0 Å². The molecule has 4 heteroatoms. The Morgan fingerprint density at radius 3 is 3.00 bits per heavy atom. The van der Waals surface area contributed by atoms with Crippen LogP contribution in [-0.2, 0) is 11.2 Å². The van der Waals surface area contributed by atoms with E-state index in [1.54, 1.807) is 19.2 Å². The van der Waals surface area contributed by atoms with Crippen LogP contribution in [0.4, 0.5) is 0 Å². The molecule has 78 valence electrons. The minimum atomic E-state index is -0.0571. The molecule has 1 aromatic carbocycles. The smallest absolute Gasteiger partial charge is 0.224 e. The molecule has 0 fully saturated rings. The number of carbonyl (C=O) groups is 1. The van der Waals surface area contributed by atoms with Crippen LogP contribution in [0.1, 0.15) is 5.56 Å². The summed E-state index contributed by atoms with van der Waals surface area (Å²) >= 11 is 0. The normalized spacial score (nSPS) is 10.5. The highest BCUT2D eigenvalue weighted by molar-refractivity contribution is 5.84. The number of amides is 1. The monoisotopic (exact) mass is 203 g/mol. The largest absolute Gasteiger partial charge is 0.806 e. The summed E-state index contributed by atoms with van der Waals surface area (Å²) in [4.78, 5) is 11.1. The lowest BCUT2D eigenvalue weighted by atomic mass is 10.1. The summed E-state index contributed by atoms with van der Waals surface area (Å²) in [6.45, 7) is 0. The molecule has 2 rings (SSSR count). The van der Waals surface area contributed by atoms with Crippen molar-refractivity contribution in [2.75, 3.05) is 7.05 Å². The van der Waals surface area contributed by atoms with Gasteiger partial charge in [0.05, 0.1) is 6.42 Å². The van der Waals surface area contributed by atoms with Crippen molar-refractivity contribution in [3.05, 3.63) is 41.2 Å². The maximum atomic E-state index is 11.3. The molecule has 0 aliphatic rings. The molecule has 1 N–H and O–H groups in total. The predicted octanol–water partition coefficient (Wildman–Crippen LogP) is 1.28. The van der Waals surface area contributed by atoms with Gasteiger partial charge in [0.2, 0.25) is 5.91 Å². The summed E-state index contributed by atoms with van der Waals surface area (Å²) in [5.74, 6) is -0.0571. The van der Waals surface area contributed by atoms with Gasteiger partial charge in [-0.3, -0.25) is 4.79 Å². The van der Waals surface area contributed by atoms with E-state index in [1.807, 2.05) is 12.1 Å². The summed E-state index contributed by atoms with van der Waals surface area (Å²) < 4.78 is 0.808. The van der Waals surface area contributed by atoms with Crippen LogP contribution in [0, 0.1) is 5.21 Å². The fraction of sp³-hybridized carbons (Fsp3) is 0.182. The molecule has 0 saturated heterocycles. The third-order valence-corrected chi connectivity index (χ3v) is 2.37. The molecule has 0 saturated carbocycles. The first kappa shape index (κ1) is 9.58. The van der Waals surface area contributed by atoms with E-state index in [2.05, 4.69) is 5.32 Å². The van der Waals surface area contributed by atoms with E-state index in [-0.39, 0.29) is 5.91 Å². The maximum absolute atomic E-state index is 11.3. The second kappa shape index (κ2) is 3.65. The van der Waals surface area contributed by atoms with Crippen LogP contribution >= 0.6 is 0 Å². The zero-order valence-corrected chi connectivity index (χ0v) is 8.36. The molecule has 0 atom stereocenters. The third kappa shape index (κ3) is 1.79. The molecule has 0 aliphatic carbocycles. The van der Waals surface area contributed by atoms with Crippen LogP contribution in [0.3, 0.4) is 0 Å². The molecule has 0 bridgehead atoms. The average Bonchev–Trinajstić information content (AvgIpc) is 2.60. The summed E-state index contributed by atoms with van der Waals surface area (Å²) in [5.41, 5.74) is 1.45. The van der Waals surface area contributed by atoms with Gasteiger partial charge in [0.15, 0.2) is 0 Å². The van der Waals surface area contributed by atoms with Gasteiger partial charge >= 0.3 is 0 Å². The second-order valence-electron chi connectivity index (χ2n) is 3.38. The third-order valence-electron chi connectivity index (χ3n) is 2.37. The Kier molecular flexibility index (Phi) is 2.33. The van der Waals surface area contributed by atoms with Crippen LogP contribution in [0.15, 0.2) is 30.5 Å². The van der Waals surface area contributed by atoms with Crippen molar-refractivity contribution in [2.45, 2.75) is 6.42 Å². The first-order chi connectivity index (χ1) is 7.20.